The van der Waals surface area contributed by atoms with Gasteiger partial charge in [0.2, 0.25) is 0 Å². The zero-order valence-corrected chi connectivity index (χ0v) is 11.7. The maximum atomic E-state index is 4.19. The van der Waals surface area contributed by atoms with Crippen LogP contribution in [0.4, 0.5) is 0 Å². The molecule has 1 N–H and O–H groups in total. The second-order valence-electron chi connectivity index (χ2n) is 4.31. The molecule has 0 bridgehead atoms. The molecule has 1 heterocycles. The first-order valence-corrected chi connectivity index (χ1v) is 7.28. The zero-order chi connectivity index (χ0) is 12.8. The number of hydrogen-bond donors (Lipinski definition) is 1. The monoisotopic (exact) mass is 261 g/mol. The summed E-state index contributed by atoms with van der Waals surface area (Å²) in [4.78, 5) is 0. The summed E-state index contributed by atoms with van der Waals surface area (Å²) in [6, 6.07) is 8.91. The van der Waals surface area contributed by atoms with Crippen molar-refractivity contribution in [3.8, 4) is 0 Å². The highest BCUT2D eigenvalue weighted by atomic mass is 32.1. The lowest BCUT2D eigenvalue weighted by Gasteiger charge is -2.16. The van der Waals surface area contributed by atoms with Gasteiger partial charge < -0.3 is 5.32 Å². The average molecular weight is 261 g/mol. The van der Waals surface area contributed by atoms with Gasteiger partial charge in [-0.1, -0.05) is 42.6 Å². The Balaban J connectivity index is 2.21. The van der Waals surface area contributed by atoms with E-state index in [1.54, 1.807) is 0 Å². The maximum absolute atomic E-state index is 4.19. The second-order valence-corrected chi connectivity index (χ2v) is 4.92. The third-order valence-electron chi connectivity index (χ3n) is 2.99. The van der Waals surface area contributed by atoms with E-state index in [4.69, 9.17) is 0 Å². The van der Waals surface area contributed by atoms with Crippen LogP contribution in [0.15, 0.2) is 29.6 Å². The van der Waals surface area contributed by atoms with Crippen molar-refractivity contribution in [2.24, 2.45) is 0 Å². The lowest BCUT2D eigenvalue weighted by Crippen LogP contribution is -2.23. The van der Waals surface area contributed by atoms with Gasteiger partial charge in [-0.15, -0.1) is 5.10 Å². The standard InChI is InChI=1S/C14H19N3S/c1-3-9-15-14(13-10-18-17-16-13)12-7-5-11(4-2)6-8-12/h5-8,10,14-15H,3-4,9H2,1-2H3. The van der Waals surface area contributed by atoms with E-state index in [-0.39, 0.29) is 6.04 Å². The summed E-state index contributed by atoms with van der Waals surface area (Å²) in [5.41, 5.74) is 3.63. The molecule has 0 radical (unpaired) electrons. The topological polar surface area (TPSA) is 37.8 Å². The molecule has 0 aliphatic carbocycles. The van der Waals surface area contributed by atoms with Crippen molar-refractivity contribution >= 4 is 11.5 Å². The van der Waals surface area contributed by atoms with Crippen molar-refractivity contribution in [1.82, 2.24) is 14.9 Å². The highest BCUT2D eigenvalue weighted by Crippen LogP contribution is 2.21. The minimum atomic E-state index is 0.162. The lowest BCUT2D eigenvalue weighted by atomic mass is 10.0. The Bertz CT molecular complexity index is 450. The highest BCUT2D eigenvalue weighted by molar-refractivity contribution is 7.03. The summed E-state index contributed by atoms with van der Waals surface area (Å²) >= 11 is 1.40. The first kappa shape index (κ1) is 13.2. The number of rotatable bonds is 6. The predicted octanol–water partition coefficient (Wildman–Crippen LogP) is 3.19. The first-order chi connectivity index (χ1) is 8.85. The maximum Gasteiger partial charge on any atom is 0.0970 e. The molecule has 0 saturated heterocycles. The highest BCUT2D eigenvalue weighted by Gasteiger charge is 2.15. The van der Waals surface area contributed by atoms with Crippen molar-refractivity contribution in [3.05, 3.63) is 46.5 Å². The summed E-state index contributed by atoms with van der Waals surface area (Å²) < 4.78 is 3.96. The van der Waals surface area contributed by atoms with Crippen LogP contribution in [0.5, 0.6) is 0 Å². The number of nitrogens with one attached hydrogen (secondary N) is 1. The molecule has 2 aromatic rings. The molecule has 96 valence electrons. The second kappa shape index (κ2) is 6.61. The Morgan fingerprint density at radius 2 is 2.00 bits per heavy atom. The summed E-state index contributed by atoms with van der Waals surface area (Å²) in [6.07, 6.45) is 2.19. The van der Waals surface area contributed by atoms with Gasteiger partial charge in [-0.3, -0.25) is 0 Å². The zero-order valence-electron chi connectivity index (χ0n) is 10.9. The third-order valence-corrected chi connectivity index (χ3v) is 3.52. The van der Waals surface area contributed by atoms with Crippen LogP contribution >= 0.6 is 11.5 Å². The molecule has 0 aliphatic heterocycles. The van der Waals surface area contributed by atoms with E-state index < -0.39 is 0 Å². The van der Waals surface area contributed by atoms with E-state index in [2.05, 4.69) is 53.0 Å². The van der Waals surface area contributed by atoms with E-state index in [0.29, 0.717) is 0 Å². The minimum Gasteiger partial charge on any atom is -0.305 e. The van der Waals surface area contributed by atoms with Crippen LogP contribution in [-0.4, -0.2) is 16.1 Å². The Labute approximate surface area is 112 Å². The third kappa shape index (κ3) is 3.15. The van der Waals surface area contributed by atoms with Crippen molar-refractivity contribution in [3.63, 3.8) is 0 Å². The molecular weight excluding hydrogens is 242 g/mol. The van der Waals surface area contributed by atoms with Gasteiger partial charge in [0.1, 0.15) is 0 Å². The predicted molar refractivity (Wildman–Crippen MR) is 75.9 cm³/mol. The smallest absolute Gasteiger partial charge is 0.0970 e. The van der Waals surface area contributed by atoms with E-state index in [0.717, 1.165) is 25.1 Å². The number of nitrogens with zero attached hydrogens (tertiary/aromatic N) is 2. The van der Waals surface area contributed by atoms with Crippen LogP contribution in [-0.2, 0) is 6.42 Å². The quantitative estimate of drug-likeness (QED) is 0.868. The van der Waals surface area contributed by atoms with Gasteiger partial charge in [0.15, 0.2) is 0 Å². The summed E-state index contributed by atoms with van der Waals surface area (Å²) in [6.45, 7) is 5.33. The average Bonchev–Trinajstić information content (AvgIpc) is 2.94. The Morgan fingerprint density at radius 3 is 2.56 bits per heavy atom. The molecule has 2 rings (SSSR count). The Kier molecular flexibility index (Phi) is 4.84. The Hall–Kier alpha value is -1.26. The number of hydrogen-bond acceptors (Lipinski definition) is 4. The van der Waals surface area contributed by atoms with Crippen molar-refractivity contribution in [2.75, 3.05) is 6.54 Å². The van der Waals surface area contributed by atoms with Gasteiger partial charge in [0, 0.05) is 5.38 Å². The van der Waals surface area contributed by atoms with Crippen molar-refractivity contribution < 1.29 is 0 Å². The molecule has 4 heteroatoms. The molecule has 0 spiro atoms. The molecule has 0 aliphatic rings. The van der Waals surface area contributed by atoms with Gasteiger partial charge in [0.05, 0.1) is 11.7 Å². The van der Waals surface area contributed by atoms with E-state index in [9.17, 15) is 0 Å². The van der Waals surface area contributed by atoms with Gasteiger partial charge in [-0.2, -0.15) is 0 Å². The lowest BCUT2D eigenvalue weighted by molar-refractivity contribution is 0.585. The first-order valence-electron chi connectivity index (χ1n) is 6.44. The van der Waals surface area contributed by atoms with Crippen molar-refractivity contribution in [2.45, 2.75) is 32.7 Å². The number of aryl methyl sites for hydroxylation is 1. The van der Waals surface area contributed by atoms with Crippen LogP contribution in [0.25, 0.3) is 0 Å². The summed E-state index contributed by atoms with van der Waals surface area (Å²) in [5.74, 6) is 0. The fourth-order valence-corrected chi connectivity index (χ4v) is 2.41. The van der Waals surface area contributed by atoms with Crippen LogP contribution in [0.2, 0.25) is 0 Å². The molecular formula is C14H19N3S. The van der Waals surface area contributed by atoms with Gasteiger partial charge in [-0.25, -0.2) is 0 Å². The van der Waals surface area contributed by atoms with E-state index in [1.165, 1.54) is 22.7 Å². The molecule has 18 heavy (non-hydrogen) atoms. The molecule has 1 aromatic heterocycles. The molecule has 0 amide bonds. The van der Waals surface area contributed by atoms with Gasteiger partial charge in [-0.05, 0) is 42.0 Å². The molecule has 0 fully saturated rings. The largest absolute Gasteiger partial charge is 0.305 e. The summed E-state index contributed by atoms with van der Waals surface area (Å²) in [7, 11) is 0. The molecule has 1 unspecified atom stereocenters. The SMILES string of the molecule is CCCNC(c1ccc(CC)cc1)c1csnn1. The van der Waals surface area contributed by atoms with Gasteiger partial charge in [0.25, 0.3) is 0 Å². The number of benzene rings is 1. The van der Waals surface area contributed by atoms with Crippen LogP contribution in [0.1, 0.15) is 43.1 Å². The molecule has 1 atom stereocenters. The van der Waals surface area contributed by atoms with Crippen molar-refractivity contribution in [1.29, 1.82) is 0 Å². The molecule has 1 aromatic carbocycles. The van der Waals surface area contributed by atoms with E-state index >= 15 is 0 Å². The fraction of sp³-hybridized carbons (Fsp3) is 0.429. The van der Waals surface area contributed by atoms with Crippen LogP contribution < -0.4 is 5.32 Å². The molecule has 3 nitrogen and oxygen atoms in total. The van der Waals surface area contributed by atoms with Crippen LogP contribution in [0.3, 0.4) is 0 Å². The van der Waals surface area contributed by atoms with Crippen LogP contribution in [0, 0.1) is 0 Å². The molecule has 0 saturated carbocycles. The van der Waals surface area contributed by atoms with E-state index in [1.807, 2.05) is 5.38 Å². The minimum absolute atomic E-state index is 0.162. The van der Waals surface area contributed by atoms with Gasteiger partial charge >= 0.3 is 0 Å². The normalized spacial score (nSPS) is 12.6. The number of aromatic nitrogens is 2. The Morgan fingerprint density at radius 1 is 1.22 bits per heavy atom. The fourth-order valence-electron chi connectivity index (χ4n) is 1.93. The summed E-state index contributed by atoms with van der Waals surface area (Å²) in [5, 5.41) is 9.74.